The highest BCUT2D eigenvalue weighted by molar-refractivity contribution is 6.49. The highest BCUT2D eigenvalue weighted by atomic mass is 35.5. The fourth-order valence-corrected chi connectivity index (χ4v) is 3.23. The zero-order valence-corrected chi connectivity index (χ0v) is 15.0. The van der Waals surface area contributed by atoms with Gasteiger partial charge in [0.1, 0.15) is 5.52 Å². The first kappa shape index (κ1) is 18.1. The zero-order valence-electron chi connectivity index (χ0n) is 14.2. The third-order valence-electron chi connectivity index (χ3n) is 4.24. The smallest absolute Gasteiger partial charge is 0.423 e. The van der Waals surface area contributed by atoms with Crippen LogP contribution in [0.4, 0.5) is 5.82 Å². The van der Waals surface area contributed by atoms with Crippen molar-refractivity contribution in [3.8, 4) is 0 Å². The Morgan fingerprint density at radius 1 is 1.44 bits per heavy atom. The second-order valence-corrected chi connectivity index (χ2v) is 6.57. The lowest BCUT2D eigenvalue weighted by molar-refractivity contribution is 0.177. The predicted molar refractivity (Wildman–Crippen MR) is 100 cm³/mol. The van der Waals surface area contributed by atoms with E-state index in [1.165, 1.54) is 0 Å². The van der Waals surface area contributed by atoms with Crippen LogP contribution in [0.5, 0.6) is 0 Å². The van der Waals surface area contributed by atoms with Crippen molar-refractivity contribution < 1.29 is 9.68 Å². The van der Waals surface area contributed by atoms with Crippen molar-refractivity contribution in [2.75, 3.05) is 5.32 Å². The van der Waals surface area contributed by atoms with Crippen LogP contribution in [0.2, 0.25) is 5.28 Å². The van der Waals surface area contributed by atoms with Gasteiger partial charge in [0, 0.05) is 18.3 Å². The molecule has 8 heteroatoms. The largest absolute Gasteiger partial charge is 0.483 e. The molecule has 1 fully saturated rings. The summed E-state index contributed by atoms with van der Waals surface area (Å²) in [5, 5.41) is 13.5. The van der Waals surface area contributed by atoms with Crippen LogP contribution in [0.1, 0.15) is 39.0 Å². The fourth-order valence-electron chi connectivity index (χ4n) is 3.05. The van der Waals surface area contributed by atoms with Gasteiger partial charge in [0.2, 0.25) is 5.28 Å². The molecule has 3 rings (SSSR count). The summed E-state index contributed by atoms with van der Waals surface area (Å²) in [7, 11) is -0.841. The summed E-state index contributed by atoms with van der Waals surface area (Å²) in [6, 6.07) is 3.89. The van der Waals surface area contributed by atoms with Gasteiger partial charge < -0.3 is 15.0 Å². The molecule has 6 nitrogen and oxygen atoms in total. The molecule has 2 N–H and O–H groups in total. The lowest BCUT2D eigenvalue weighted by Crippen LogP contribution is -2.24. The minimum Gasteiger partial charge on any atom is -0.423 e. The number of nitrogens with one attached hydrogen (secondary N) is 1. The van der Waals surface area contributed by atoms with Crippen molar-refractivity contribution in [2.45, 2.75) is 51.2 Å². The van der Waals surface area contributed by atoms with Crippen molar-refractivity contribution in [2.24, 2.45) is 0 Å². The van der Waals surface area contributed by atoms with Crippen LogP contribution in [0.15, 0.2) is 30.4 Å². The van der Waals surface area contributed by atoms with E-state index in [0.29, 0.717) is 16.9 Å². The summed E-state index contributed by atoms with van der Waals surface area (Å²) in [5.74, 6) is 2.36. The van der Waals surface area contributed by atoms with Gasteiger partial charge in [0.25, 0.3) is 0 Å². The Labute approximate surface area is 152 Å². The Kier molecular flexibility index (Phi) is 6.23. The number of halogens is 1. The molecule has 0 spiro atoms. The summed E-state index contributed by atoms with van der Waals surface area (Å²) in [6.07, 6.45) is 8.32. The lowest BCUT2D eigenvalue weighted by atomic mass is 9.89. The van der Waals surface area contributed by atoms with Crippen LogP contribution in [0, 0.1) is 0 Å². The van der Waals surface area contributed by atoms with E-state index < -0.39 is 7.12 Å². The standard InChI is InChI=1S/C17H22BClN4O2/c1-2-3-4-9-18(24)25-13-8-7-12(11-13)21-16-15-14(6-5-10-20-15)22-17(19)23-16/h4-6,9-10,12-13,24H,2-3,7-8,11H2,1H3,(H,21,22,23)/b9-4+. The quantitative estimate of drug-likeness (QED) is 0.582. The molecule has 132 valence electrons. The van der Waals surface area contributed by atoms with Crippen molar-refractivity contribution in [3.63, 3.8) is 0 Å². The van der Waals surface area contributed by atoms with Crippen molar-refractivity contribution in [1.82, 2.24) is 15.0 Å². The average molecular weight is 361 g/mol. The number of hydrogen-bond acceptors (Lipinski definition) is 6. The van der Waals surface area contributed by atoms with E-state index in [1.54, 1.807) is 12.2 Å². The molecule has 2 heterocycles. The topological polar surface area (TPSA) is 80.2 Å². The van der Waals surface area contributed by atoms with E-state index in [1.807, 2.05) is 18.2 Å². The highest BCUT2D eigenvalue weighted by Crippen LogP contribution is 2.27. The molecule has 1 aliphatic rings. The van der Waals surface area contributed by atoms with E-state index >= 15 is 0 Å². The number of hydrogen-bond donors (Lipinski definition) is 2. The van der Waals surface area contributed by atoms with Gasteiger partial charge in [-0.15, -0.1) is 0 Å². The molecular formula is C17H22BClN4O2. The summed E-state index contributed by atoms with van der Waals surface area (Å²) in [5.41, 5.74) is 1.42. The Bertz CT molecular complexity index is 746. The molecule has 2 unspecified atom stereocenters. The molecule has 0 aromatic carbocycles. The van der Waals surface area contributed by atoms with Crippen molar-refractivity contribution >= 4 is 35.6 Å². The van der Waals surface area contributed by atoms with Crippen LogP contribution < -0.4 is 5.32 Å². The number of allylic oxidation sites excluding steroid dienone is 1. The first-order valence-electron chi connectivity index (χ1n) is 8.70. The molecule has 1 aliphatic carbocycles. The summed E-state index contributed by atoms with van der Waals surface area (Å²) in [4.78, 5) is 12.8. The van der Waals surface area contributed by atoms with E-state index in [0.717, 1.165) is 32.1 Å². The van der Waals surface area contributed by atoms with E-state index in [4.69, 9.17) is 16.3 Å². The van der Waals surface area contributed by atoms with Crippen LogP contribution in [0.25, 0.3) is 11.0 Å². The fraction of sp³-hybridized carbons (Fsp3) is 0.471. The zero-order chi connectivity index (χ0) is 17.6. The molecule has 1 saturated carbocycles. The molecule has 2 atom stereocenters. The molecule has 0 amide bonds. The molecule has 0 bridgehead atoms. The number of nitrogens with zero attached hydrogens (tertiary/aromatic N) is 3. The maximum absolute atomic E-state index is 9.91. The normalized spacial score (nSPS) is 20.4. The number of fused-ring (bicyclic) bond motifs is 1. The SMILES string of the molecule is CCC/C=C/B(O)OC1CCC(Nc2nc(Cl)nc3cccnc23)C1. The number of aromatic nitrogens is 3. The number of unbranched alkanes of at least 4 members (excludes halogenated alkanes) is 1. The molecule has 2 aromatic heterocycles. The third-order valence-corrected chi connectivity index (χ3v) is 4.41. The maximum atomic E-state index is 9.91. The minimum absolute atomic E-state index is 0.0234. The van der Waals surface area contributed by atoms with Gasteiger partial charge in [-0.2, -0.15) is 4.98 Å². The summed E-state index contributed by atoms with van der Waals surface area (Å²) < 4.78 is 5.69. The predicted octanol–water partition coefficient (Wildman–Crippen LogP) is 3.40. The van der Waals surface area contributed by atoms with E-state index in [2.05, 4.69) is 27.2 Å². The van der Waals surface area contributed by atoms with Crippen LogP contribution in [0.3, 0.4) is 0 Å². The third kappa shape index (κ3) is 4.90. The molecule has 25 heavy (non-hydrogen) atoms. The Hall–Kier alpha value is -1.70. The Morgan fingerprint density at radius 3 is 3.16 bits per heavy atom. The average Bonchev–Trinajstić information content (AvgIpc) is 3.02. The first-order valence-corrected chi connectivity index (χ1v) is 9.08. The lowest BCUT2D eigenvalue weighted by Gasteiger charge is -2.16. The van der Waals surface area contributed by atoms with Crippen LogP contribution in [-0.2, 0) is 4.65 Å². The highest BCUT2D eigenvalue weighted by Gasteiger charge is 2.28. The second kappa shape index (κ2) is 8.60. The van der Waals surface area contributed by atoms with Gasteiger partial charge in [-0.1, -0.05) is 25.4 Å². The van der Waals surface area contributed by atoms with Gasteiger partial charge >= 0.3 is 7.12 Å². The van der Waals surface area contributed by atoms with Crippen molar-refractivity contribution in [3.05, 3.63) is 35.7 Å². The molecule has 0 aliphatic heterocycles. The van der Waals surface area contributed by atoms with Crippen LogP contribution in [-0.4, -0.2) is 39.2 Å². The molecular weight excluding hydrogens is 338 g/mol. The Balaban J connectivity index is 1.60. The van der Waals surface area contributed by atoms with E-state index in [9.17, 15) is 5.02 Å². The number of rotatable bonds is 7. The van der Waals surface area contributed by atoms with Gasteiger partial charge in [-0.05, 0) is 49.4 Å². The Morgan fingerprint density at radius 2 is 2.32 bits per heavy atom. The molecule has 0 radical (unpaired) electrons. The van der Waals surface area contributed by atoms with Gasteiger partial charge in [0.15, 0.2) is 5.82 Å². The summed E-state index contributed by atoms with van der Waals surface area (Å²) in [6.45, 7) is 2.10. The number of anilines is 1. The summed E-state index contributed by atoms with van der Waals surface area (Å²) >= 11 is 6.01. The van der Waals surface area contributed by atoms with Gasteiger partial charge in [-0.25, -0.2) is 4.98 Å². The van der Waals surface area contributed by atoms with Gasteiger partial charge in [-0.3, -0.25) is 4.98 Å². The molecule has 0 saturated heterocycles. The first-order chi connectivity index (χ1) is 12.2. The van der Waals surface area contributed by atoms with Gasteiger partial charge in [0.05, 0.1) is 5.52 Å². The molecule has 2 aromatic rings. The van der Waals surface area contributed by atoms with E-state index in [-0.39, 0.29) is 17.4 Å². The monoisotopic (exact) mass is 360 g/mol. The second-order valence-electron chi connectivity index (χ2n) is 6.23. The maximum Gasteiger partial charge on any atom is 0.483 e. The minimum atomic E-state index is -0.841. The van der Waals surface area contributed by atoms with Crippen LogP contribution >= 0.6 is 11.6 Å². The number of pyridine rings is 1. The van der Waals surface area contributed by atoms with Crippen molar-refractivity contribution in [1.29, 1.82) is 0 Å².